The molecule has 0 heterocycles. The molecule has 0 aliphatic heterocycles. The summed E-state index contributed by atoms with van der Waals surface area (Å²) in [6.45, 7) is 9.28. The summed E-state index contributed by atoms with van der Waals surface area (Å²) in [6, 6.07) is 12.4. The number of likely N-dealkylation sites (N-methyl/N-ethyl adjacent to an activating group) is 1. The van der Waals surface area contributed by atoms with E-state index < -0.39 is 28.7 Å². The van der Waals surface area contributed by atoms with E-state index in [1.807, 2.05) is 57.2 Å². The van der Waals surface area contributed by atoms with Crippen LogP contribution < -0.4 is 9.62 Å². The van der Waals surface area contributed by atoms with E-state index in [0.29, 0.717) is 12.2 Å². The van der Waals surface area contributed by atoms with Crippen LogP contribution in [0.25, 0.3) is 0 Å². The van der Waals surface area contributed by atoms with Crippen molar-refractivity contribution in [3.8, 4) is 0 Å². The Hall–Kier alpha value is -2.91. The van der Waals surface area contributed by atoms with Crippen molar-refractivity contribution in [1.29, 1.82) is 0 Å². The molecule has 1 N–H and O–H groups in total. The molecule has 2 aromatic rings. The minimum atomic E-state index is -3.98. The van der Waals surface area contributed by atoms with E-state index in [9.17, 15) is 18.0 Å². The molecule has 2 rings (SSSR count). The lowest BCUT2D eigenvalue weighted by Gasteiger charge is -2.33. The van der Waals surface area contributed by atoms with Gasteiger partial charge < -0.3 is 10.2 Å². The second-order valence-electron chi connectivity index (χ2n) is 8.66. The first-order chi connectivity index (χ1) is 15.9. The number of aryl methyl sites for hydroxylation is 3. The number of hydrogen-bond acceptors (Lipinski definition) is 4. The van der Waals surface area contributed by atoms with Gasteiger partial charge in [-0.3, -0.25) is 9.59 Å². The minimum absolute atomic E-state index is 0.181. The molecule has 0 spiro atoms. The zero-order valence-corrected chi connectivity index (χ0v) is 21.9. The molecular formula is C25H36N4O4S. The fourth-order valence-electron chi connectivity index (χ4n) is 3.48. The Labute approximate surface area is 203 Å². The zero-order valence-electron chi connectivity index (χ0n) is 21.1. The van der Waals surface area contributed by atoms with Crippen molar-refractivity contribution < 1.29 is 18.0 Å². The van der Waals surface area contributed by atoms with E-state index in [0.717, 1.165) is 30.9 Å². The summed E-state index contributed by atoms with van der Waals surface area (Å²) in [5, 5.41) is 2.75. The monoisotopic (exact) mass is 488 g/mol. The fraction of sp³-hybridized carbons (Fsp3) is 0.440. The third kappa shape index (κ3) is 6.57. The Morgan fingerprint density at radius 1 is 0.971 bits per heavy atom. The number of anilines is 1. The van der Waals surface area contributed by atoms with Crippen molar-refractivity contribution >= 4 is 27.7 Å². The number of amides is 2. The maximum atomic E-state index is 13.6. The summed E-state index contributed by atoms with van der Waals surface area (Å²) >= 11 is 0. The van der Waals surface area contributed by atoms with Crippen LogP contribution in [-0.4, -0.2) is 62.7 Å². The lowest BCUT2D eigenvalue weighted by Crippen LogP contribution is -2.52. The van der Waals surface area contributed by atoms with Crippen molar-refractivity contribution in [1.82, 2.24) is 14.5 Å². The molecule has 0 fully saturated rings. The van der Waals surface area contributed by atoms with Crippen LogP contribution in [0.15, 0.2) is 42.5 Å². The smallest absolute Gasteiger partial charge is 0.304 e. The maximum Gasteiger partial charge on any atom is 0.304 e. The van der Waals surface area contributed by atoms with E-state index >= 15 is 0 Å². The molecule has 0 aliphatic rings. The standard InChI is InChI=1S/C25H36N4O4S/c1-8-26-25(31)21(5)28(16-22-13-10-18(2)11-14-22)24(30)17-29(34(32,33)27(6)7)23-15-19(3)9-12-20(23)4/h9-15,21H,8,16-17H2,1-7H3,(H,26,31)/t21-/m1/s1. The fourth-order valence-corrected chi connectivity index (χ4v) is 4.60. The predicted molar refractivity (Wildman–Crippen MR) is 136 cm³/mol. The van der Waals surface area contributed by atoms with E-state index in [1.165, 1.54) is 19.0 Å². The summed E-state index contributed by atoms with van der Waals surface area (Å²) in [5.74, 6) is -0.762. The third-order valence-electron chi connectivity index (χ3n) is 5.64. The Kier molecular flexibility index (Phi) is 9.23. The first-order valence-corrected chi connectivity index (χ1v) is 12.7. The molecule has 0 radical (unpaired) electrons. The number of rotatable bonds is 10. The summed E-state index contributed by atoms with van der Waals surface area (Å²) in [6.07, 6.45) is 0. The van der Waals surface area contributed by atoms with E-state index in [1.54, 1.807) is 19.9 Å². The number of carbonyl (C=O) groups excluding carboxylic acids is 2. The highest BCUT2D eigenvalue weighted by Crippen LogP contribution is 2.26. The summed E-state index contributed by atoms with van der Waals surface area (Å²) in [4.78, 5) is 27.7. The number of nitrogens with zero attached hydrogens (tertiary/aromatic N) is 3. The molecule has 2 aromatic carbocycles. The van der Waals surface area contributed by atoms with Crippen LogP contribution in [0.5, 0.6) is 0 Å². The van der Waals surface area contributed by atoms with Gasteiger partial charge in [0.1, 0.15) is 12.6 Å². The van der Waals surface area contributed by atoms with Crippen LogP contribution in [-0.2, 0) is 26.3 Å². The van der Waals surface area contributed by atoms with Crippen molar-refractivity contribution in [3.05, 3.63) is 64.7 Å². The number of nitrogens with one attached hydrogen (secondary N) is 1. The first-order valence-electron chi connectivity index (χ1n) is 11.3. The van der Waals surface area contributed by atoms with E-state index in [4.69, 9.17) is 0 Å². The molecular weight excluding hydrogens is 452 g/mol. The number of hydrogen-bond donors (Lipinski definition) is 1. The largest absolute Gasteiger partial charge is 0.355 e. The van der Waals surface area contributed by atoms with Gasteiger partial charge in [-0.2, -0.15) is 12.7 Å². The normalized spacial score (nSPS) is 12.4. The Morgan fingerprint density at radius 3 is 2.12 bits per heavy atom. The van der Waals surface area contributed by atoms with Gasteiger partial charge >= 0.3 is 10.2 Å². The molecule has 0 saturated carbocycles. The van der Waals surface area contributed by atoms with Crippen LogP contribution >= 0.6 is 0 Å². The second kappa shape index (κ2) is 11.5. The molecule has 8 nitrogen and oxygen atoms in total. The zero-order chi connectivity index (χ0) is 25.6. The van der Waals surface area contributed by atoms with Gasteiger partial charge in [0.15, 0.2) is 0 Å². The first kappa shape index (κ1) is 27.3. The van der Waals surface area contributed by atoms with Crippen LogP contribution in [0.1, 0.15) is 36.1 Å². The predicted octanol–water partition coefficient (Wildman–Crippen LogP) is 2.78. The molecule has 0 aliphatic carbocycles. The number of benzene rings is 2. The van der Waals surface area contributed by atoms with Crippen LogP contribution in [0.4, 0.5) is 5.69 Å². The average molecular weight is 489 g/mol. The highest BCUT2D eigenvalue weighted by atomic mass is 32.2. The van der Waals surface area contributed by atoms with Gasteiger partial charge in [-0.15, -0.1) is 0 Å². The third-order valence-corrected chi connectivity index (χ3v) is 7.45. The van der Waals surface area contributed by atoms with Gasteiger partial charge in [0.2, 0.25) is 11.8 Å². The summed E-state index contributed by atoms with van der Waals surface area (Å²) < 4.78 is 28.7. The molecule has 0 bridgehead atoms. The molecule has 9 heteroatoms. The van der Waals surface area contributed by atoms with Gasteiger partial charge in [0.05, 0.1) is 5.69 Å². The molecule has 0 unspecified atom stereocenters. The maximum absolute atomic E-state index is 13.6. The van der Waals surface area contributed by atoms with Crippen molar-refractivity contribution in [2.75, 3.05) is 31.5 Å². The topological polar surface area (TPSA) is 90.0 Å². The summed E-state index contributed by atoms with van der Waals surface area (Å²) in [5.41, 5.74) is 3.97. The van der Waals surface area contributed by atoms with E-state index in [2.05, 4.69) is 5.32 Å². The van der Waals surface area contributed by atoms with Crippen molar-refractivity contribution in [3.63, 3.8) is 0 Å². The average Bonchev–Trinajstić information content (AvgIpc) is 2.78. The highest BCUT2D eigenvalue weighted by Gasteiger charge is 2.33. The quantitative estimate of drug-likeness (QED) is 0.557. The minimum Gasteiger partial charge on any atom is -0.355 e. The number of carbonyl (C=O) groups is 2. The van der Waals surface area contributed by atoms with Gasteiger partial charge in [-0.25, -0.2) is 4.31 Å². The van der Waals surface area contributed by atoms with Gasteiger partial charge in [0, 0.05) is 27.2 Å². The molecule has 186 valence electrons. The van der Waals surface area contributed by atoms with E-state index in [-0.39, 0.29) is 12.5 Å². The summed E-state index contributed by atoms with van der Waals surface area (Å²) in [7, 11) is -1.12. The second-order valence-corrected chi connectivity index (χ2v) is 10.7. The molecule has 0 saturated heterocycles. The van der Waals surface area contributed by atoms with Gasteiger partial charge in [-0.05, 0) is 57.4 Å². The molecule has 2 amide bonds. The van der Waals surface area contributed by atoms with Gasteiger partial charge in [0.25, 0.3) is 0 Å². The molecule has 0 aromatic heterocycles. The highest BCUT2D eigenvalue weighted by molar-refractivity contribution is 7.90. The van der Waals surface area contributed by atoms with Gasteiger partial charge in [-0.1, -0.05) is 42.0 Å². The Morgan fingerprint density at radius 2 is 1.56 bits per heavy atom. The lowest BCUT2D eigenvalue weighted by molar-refractivity contribution is -0.139. The molecule has 34 heavy (non-hydrogen) atoms. The van der Waals surface area contributed by atoms with Crippen LogP contribution in [0.3, 0.4) is 0 Å². The lowest BCUT2D eigenvalue weighted by atomic mass is 10.1. The molecule has 1 atom stereocenters. The SMILES string of the molecule is CCNC(=O)[C@@H](C)N(Cc1ccc(C)cc1)C(=O)CN(c1cc(C)ccc1C)S(=O)(=O)N(C)C. The van der Waals surface area contributed by atoms with Crippen molar-refractivity contribution in [2.24, 2.45) is 0 Å². The Bertz CT molecular complexity index is 1110. The van der Waals surface area contributed by atoms with Crippen molar-refractivity contribution in [2.45, 2.75) is 47.2 Å². The van der Waals surface area contributed by atoms with Crippen LogP contribution in [0.2, 0.25) is 0 Å². The Balaban J connectivity index is 2.49. The van der Waals surface area contributed by atoms with Crippen LogP contribution in [0, 0.1) is 20.8 Å².